The molecule has 1 atom stereocenters. The van der Waals surface area contributed by atoms with Gasteiger partial charge >= 0.3 is 12.0 Å². The summed E-state index contributed by atoms with van der Waals surface area (Å²) < 4.78 is 21.3. The number of nitrogens with zero attached hydrogens (tertiary/aromatic N) is 1. The van der Waals surface area contributed by atoms with Crippen LogP contribution >= 0.6 is 0 Å². The van der Waals surface area contributed by atoms with E-state index in [4.69, 9.17) is 24.7 Å². The van der Waals surface area contributed by atoms with E-state index in [0.29, 0.717) is 32.9 Å². The SMILES string of the molecule is CCOc1cc(C(=O)OC(C)C(=O)NC(N)=O)ccc1OCC(=O)N1CCOCC1. The number of carbonyl (C=O) groups is 4. The van der Waals surface area contributed by atoms with E-state index in [9.17, 15) is 19.2 Å². The van der Waals surface area contributed by atoms with E-state index in [-0.39, 0.29) is 29.6 Å². The Balaban J connectivity index is 2.02. The van der Waals surface area contributed by atoms with Gasteiger partial charge < -0.3 is 29.6 Å². The van der Waals surface area contributed by atoms with Crippen molar-refractivity contribution in [2.75, 3.05) is 39.5 Å². The van der Waals surface area contributed by atoms with Crippen LogP contribution in [0.4, 0.5) is 4.79 Å². The van der Waals surface area contributed by atoms with Gasteiger partial charge in [-0.3, -0.25) is 14.9 Å². The molecular formula is C19H25N3O8. The van der Waals surface area contributed by atoms with Gasteiger partial charge in [-0.2, -0.15) is 0 Å². The summed E-state index contributed by atoms with van der Waals surface area (Å²) in [5.41, 5.74) is 4.97. The van der Waals surface area contributed by atoms with Gasteiger partial charge in [0.25, 0.3) is 11.8 Å². The molecule has 1 aliphatic heterocycles. The molecule has 1 aromatic rings. The highest BCUT2D eigenvalue weighted by molar-refractivity contribution is 5.98. The highest BCUT2D eigenvalue weighted by Crippen LogP contribution is 2.29. The molecule has 0 bridgehead atoms. The second kappa shape index (κ2) is 11.0. The second-order valence-corrected chi connectivity index (χ2v) is 6.28. The molecule has 4 amide bonds. The van der Waals surface area contributed by atoms with Crippen LogP contribution in [0.5, 0.6) is 11.5 Å². The van der Waals surface area contributed by atoms with E-state index in [1.165, 1.54) is 25.1 Å². The van der Waals surface area contributed by atoms with Crippen LogP contribution in [0, 0.1) is 0 Å². The number of esters is 1. The highest BCUT2D eigenvalue weighted by atomic mass is 16.5. The Kier molecular flexibility index (Phi) is 8.41. The standard InChI is InChI=1S/C19H25N3O8/c1-3-28-15-10-13(18(25)30-12(2)17(24)21-19(20)26)4-5-14(15)29-11-16(23)22-6-8-27-9-7-22/h4-5,10,12H,3,6-9,11H2,1-2H3,(H3,20,21,24,26). The largest absolute Gasteiger partial charge is 0.490 e. The summed E-state index contributed by atoms with van der Waals surface area (Å²) in [5.74, 6) is -1.30. The third-order valence-electron chi connectivity index (χ3n) is 4.09. The topological polar surface area (TPSA) is 146 Å². The number of primary amides is 1. The van der Waals surface area contributed by atoms with Crippen molar-refractivity contribution in [3.8, 4) is 11.5 Å². The van der Waals surface area contributed by atoms with Crippen LogP contribution in [0.2, 0.25) is 0 Å². The Morgan fingerprint density at radius 3 is 2.50 bits per heavy atom. The monoisotopic (exact) mass is 423 g/mol. The molecule has 1 saturated heterocycles. The van der Waals surface area contributed by atoms with Gasteiger partial charge in [-0.25, -0.2) is 9.59 Å². The summed E-state index contributed by atoms with van der Waals surface area (Å²) >= 11 is 0. The van der Waals surface area contributed by atoms with Crippen molar-refractivity contribution >= 4 is 23.8 Å². The minimum atomic E-state index is -1.23. The van der Waals surface area contributed by atoms with Gasteiger partial charge in [0.05, 0.1) is 25.4 Å². The van der Waals surface area contributed by atoms with E-state index in [1.54, 1.807) is 11.8 Å². The molecule has 0 radical (unpaired) electrons. The number of nitrogens with two attached hydrogens (primary N) is 1. The first kappa shape index (κ1) is 22.9. The number of morpholine rings is 1. The Labute approximate surface area is 173 Å². The summed E-state index contributed by atoms with van der Waals surface area (Å²) in [5, 5.41) is 1.83. The zero-order chi connectivity index (χ0) is 22.1. The van der Waals surface area contributed by atoms with Gasteiger partial charge in [-0.15, -0.1) is 0 Å². The van der Waals surface area contributed by atoms with Gasteiger partial charge in [0, 0.05) is 13.1 Å². The fourth-order valence-electron chi connectivity index (χ4n) is 2.57. The van der Waals surface area contributed by atoms with Crippen molar-refractivity contribution in [2.45, 2.75) is 20.0 Å². The lowest BCUT2D eigenvalue weighted by atomic mass is 10.2. The molecule has 1 aliphatic rings. The van der Waals surface area contributed by atoms with Crippen LogP contribution in [0.25, 0.3) is 0 Å². The molecule has 164 valence electrons. The average molecular weight is 423 g/mol. The number of hydrogen-bond donors (Lipinski definition) is 2. The normalized spacial score (nSPS) is 14.4. The molecule has 11 heteroatoms. The predicted molar refractivity (Wildman–Crippen MR) is 103 cm³/mol. The van der Waals surface area contributed by atoms with Crippen molar-refractivity contribution in [1.82, 2.24) is 10.2 Å². The van der Waals surface area contributed by atoms with Crippen LogP contribution in [-0.4, -0.2) is 74.3 Å². The lowest BCUT2D eigenvalue weighted by molar-refractivity contribution is -0.137. The first-order valence-corrected chi connectivity index (χ1v) is 9.38. The maximum atomic E-state index is 12.3. The van der Waals surface area contributed by atoms with Crippen LogP contribution in [-0.2, 0) is 19.1 Å². The van der Waals surface area contributed by atoms with E-state index in [1.807, 2.05) is 5.32 Å². The van der Waals surface area contributed by atoms with E-state index in [0.717, 1.165) is 0 Å². The van der Waals surface area contributed by atoms with Crippen LogP contribution < -0.4 is 20.5 Å². The van der Waals surface area contributed by atoms with Crippen molar-refractivity contribution in [2.24, 2.45) is 5.73 Å². The van der Waals surface area contributed by atoms with Gasteiger partial charge in [0.2, 0.25) is 0 Å². The van der Waals surface area contributed by atoms with Crippen molar-refractivity contribution < 1.29 is 38.1 Å². The summed E-state index contributed by atoms with van der Waals surface area (Å²) in [4.78, 5) is 48.5. The number of nitrogens with one attached hydrogen (secondary N) is 1. The Morgan fingerprint density at radius 1 is 1.17 bits per heavy atom. The van der Waals surface area contributed by atoms with Crippen molar-refractivity contribution in [3.05, 3.63) is 23.8 Å². The maximum absolute atomic E-state index is 12.3. The van der Waals surface area contributed by atoms with Crippen molar-refractivity contribution in [1.29, 1.82) is 0 Å². The quantitative estimate of drug-likeness (QED) is 0.558. The maximum Gasteiger partial charge on any atom is 0.339 e. The minimum Gasteiger partial charge on any atom is -0.490 e. The van der Waals surface area contributed by atoms with Crippen molar-refractivity contribution in [3.63, 3.8) is 0 Å². The molecule has 30 heavy (non-hydrogen) atoms. The summed E-state index contributed by atoms with van der Waals surface area (Å²) in [6, 6.07) is 3.23. The van der Waals surface area contributed by atoms with Crippen LogP contribution in [0.1, 0.15) is 24.2 Å². The third kappa shape index (κ3) is 6.62. The lowest BCUT2D eigenvalue weighted by Gasteiger charge is -2.26. The number of amides is 4. The van der Waals surface area contributed by atoms with Crippen LogP contribution in [0.3, 0.4) is 0 Å². The average Bonchev–Trinajstić information content (AvgIpc) is 2.72. The summed E-state index contributed by atoms with van der Waals surface area (Å²) in [7, 11) is 0. The third-order valence-corrected chi connectivity index (χ3v) is 4.09. The number of hydrogen-bond acceptors (Lipinski definition) is 8. The van der Waals surface area contributed by atoms with Gasteiger partial charge in [0.15, 0.2) is 24.2 Å². The second-order valence-electron chi connectivity index (χ2n) is 6.28. The minimum absolute atomic E-state index is 0.101. The molecule has 0 aromatic heterocycles. The van der Waals surface area contributed by atoms with Gasteiger partial charge in [0.1, 0.15) is 0 Å². The molecule has 3 N–H and O–H groups in total. The number of imide groups is 1. The molecular weight excluding hydrogens is 398 g/mol. The van der Waals surface area contributed by atoms with E-state index < -0.39 is 24.0 Å². The fraction of sp³-hybridized carbons (Fsp3) is 0.474. The molecule has 1 aromatic carbocycles. The predicted octanol–water partition coefficient (Wildman–Crippen LogP) is 0.0631. The molecule has 11 nitrogen and oxygen atoms in total. The Morgan fingerprint density at radius 2 is 1.87 bits per heavy atom. The molecule has 2 rings (SSSR count). The number of ether oxygens (including phenoxy) is 4. The Hall–Kier alpha value is -3.34. The lowest BCUT2D eigenvalue weighted by Crippen LogP contribution is -2.43. The van der Waals surface area contributed by atoms with E-state index in [2.05, 4.69) is 0 Å². The highest BCUT2D eigenvalue weighted by Gasteiger charge is 2.22. The van der Waals surface area contributed by atoms with Gasteiger partial charge in [-0.1, -0.05) is 0 Å². The number of rotatable bonds is 8. The summed E-state index contributed by atoms with van der Waals surface area (Å²) in [6.45, 7) is 5.15. The molecule has 0 spiro atoms. The number of carbonyl (C=O) groups excluding carboxylic acids is 4. The first-order valence-electron chi connectivity index (χ1n) is 9.38. The Bertz CT molecular complexity index is 792. The van der Waals surface area contributed by atoms with E-state index >= 15 is 0 Å². The summed E-state index contributed by atoms with van der Waals surface area (Å²) in [6.07, 6.45) is -1.23. The zero-order valence-electron chi connectivity index (χ0n) is 16.8. The van der Waals surface area contributed by atoms with Crippen LogP contribution in [0.15, 0.2) is 18.2 Å². The first-order chi connectivity index (χ1) is 14.3. The fourth-order valence-corrected chi connectivity index (χ4v) is 2.57. The van der Waals surface area contributed by atoms with Gasteiger partial charge in [-0.05, 0) is 32.0 Å². The number of benzene rings is 1. The molecule has 0 saturated carbocycles. The molecule has 1 heterocycles. The molecule has 0 aliphatic carbocycles. The smallest absolute Gasteiger partial charge is 0.339 e. The number of urea groups is 1. The molecule has 1 unspecified atom stereocenters. The molecule has 1 fully saturated rings. The zero-order valence-corrected chi connectivity index (χ0v) is 16.8.